The number of imidazole rings is 1. The van der Waals surface area contributed by atoms with E-state index < -0.39 is 21.6 Å². The fraction of sp³-hybridized carbons (Fsp3) is 0.158. The summed E-state index contributed by atoms with van der Waals surface area (Å²) < 4.78 is 32.1. The van der Waals surface area contributed by atoms with E-state index in [2.05, 4.69) is 5.32 Å². The van der Waals surface area contributed by atoms with Gasteiger partial charge in [-0.2, -0.15) is 3.97 Å². The number of rotatable bonds is 6. The zero-order valence-corrected chi connectivity index (χ0v) is 16.1. The lowest BCUT2D eigenvalue weighted by atomic mass is 10.2. The SMILES string of the molecule is COc1ccccc1NC(=O)Cn1ccn(S(=O)(=O)c2ccc(C)cc2)c1=O. The Hall–Kier alpha value is -3.33. The van der Waals surface area contributed by atoms with Crippen molar-refractivity contribution >= 4 is 21.6 Å². The molecule has 3 rings (SSSR count). The molecule has 0 aliphatic carbocycles. The molecule has 1 N–H and O–H groups in total. The van der Waals surface area contributed by atoms with Crippen LogP contribution in [0.2, 0.25) is 0 Å². The van der Waals surface area contributed by atoms with Crippen LogP contribution in [-0.4, -0.2) is 30.0 Å². The van der Waals surface area contributed by atoms with E-state index in [-0.39, 0.29) is 11.4 Å². The number of aryl methyl sites for hydroxylation is 1. The highest BCUT2D eigenvalue weighted by Gasteiger charge is 2.21. The van der Waals surface area contributed by atoms with Crippen LogP contribution in [0.3, 0.4) is 0 Å². The van der Waals surface area contributed by atoms with Gasteiger partial charge >= 0.3 is 5.69 Å². The Morgan fingerprint density at radius 1 is 1.07 bits per heavy atom. The topological polar surface area (TPSA) is 99.4 Å². The quantitative estimate of drug-likeness (QED) is 0.679. The lowest BCUT2D eigenvalue weighted by Gasteiger charge is -2.09. The van der Waals surface area contributed by atoms with Gasteiger partial charge in [-0.15, -0.1) is 0 Å². The van der Waals surface area contributed by atoms with Crippen LogP contribution in [0.15, 0.2) is 70.6 Å². The van der Waals surface area contributed by atoms with Crippen molar-refractivity contribution in [3.05, 3.63) is 77.0 Å². The van der Waals surface area contributed by atoms with Gasteiger partial charge in [0.15, 0.2) is 0 Å². The van der Waals surface area contributed by atoms with Crippen molar-refractivity contribution in [2.75, 3.05) is 12.4 Å². The van der Waals surface area contributed by atoms with E-state index in [0.717, 1.165) is 16.3 Å². The number of benzene rings is 2. The maximum absolute atomic E-state index is 12.7. The number of ether oxygens (including phenoxy) is 1. The number of carbonyl (C=O) groups is 1. The van der Waals surface area contributed by atoms with E-state index in [0.29, 0.717) is 15.4 Å². The van der Waals surface area contributed by atoms with Crippen LogP contribution in [-0.2, 0) is 21.4 Å². The summed E-state index contributed by atoms with van der Waals surface area (Å²) in [6.45, 7) is 1.49. The molecule has 1 heterocycles. The van der Waals surface area contributed by atoms with E-state index in [9.17, 15) is 18.0 Å². The summed E-state index contributed by atoms with van der Waals surface area (Å²) in [6, 6.07) is 13.0. The number of nitrogens with zero attached hydrogens (tertiary/aromatic N) is 2. The lowest BCUT2D eigenvalue weighted by molar-refractivity contribution is -0.116. The van der Waals surface area contributed by atoms with Gasteiger partial charge in [-0.1, -0.05) is 29.8 Å². The molecule has 0 bridgehead atoms. The van der Waals surface area contributed by atoms with Crippen LogP contribution in [0.5, 0.6) is 5.75 Å². The van der Waals surface area contributed by atoms with E-state index in [4.69, 9.17) is 4.74 Å². The molecule has 1 aromatic heterocycles. The molecule has 8 nitrogen and oxygen atoms in total. The summed E-state index contributed by atoms with van der Waals surface area (Å²) in [7, 11) is -2.56. The van der Waals surface area contributed by atoms with Crippen molar-refractivity contribution in [1.29, 1.82) is 0 Å². The summed E-state index contributed by atoms with van der Waals surface area (Å²) in [6.07, 6.45) is 2.39. The molecule has 2 aromatic carbocycles. The standard InChI is InChI=1S/C19H19N3O5S/c1-14-7-9-15(10-8-14)28(25,26)22-12-11-21(19(22)24)13-18(23)20-16-5-3-4-6-17(16)27-2/h3-12H,13H2,1-2H3,(H,20,23). The highest BCUT2D eigenvalue weighted by Crippen LogP contribution is 2.22. The van der Waals surface area contributed by atoms with Crippen molar-refractivity contribution in [3.8, 4) is 5.75 Å². The number of amides is 1. The van der Waals surface area contributed by atoms with Crippen LogP contribution < -0.4 is 15.7 Å². The maximum Gasteiger partial charge on any atom is 0.342 e. The molecule has 0 fully saturated rings. The van der Waals surface area contributed by atoms with Crippen molar-refractivity contribution < 1.29 is 17.9 Å². The second-order valence-electron chi connectivity index (χ2n) is 6.07. The van der Waals surface area contributed by atoms with E-state index >= 15 is 0 Å². The molecule has 0 radical (unpaired) electrons. The summed E-state index contributed by atoms with van der Waals surface area (Å²) in [4.78, 5) is 24.8. The van der Waals surface area contributed by atoms with E-state index in [1.54, 1.807) is 36.4 Å². The molecule has 3 aromatic rings. The largest absolute Gasteiger partial charge is 0.495 e. The van der Waals surface area contributed by atoms with Gasteiger partial charge in [0.2, 0.25) is 5.91 Å². The first-order valence-corrected chi connectivity index (χ1v) is 9.80. The number of hydrogen-bond acceptors (Lipinski definition) is 5. The Balaban J connectivity index is 1.82. The molecule has 0 aliphatic rings. The van der Waals surface area contributed by atoms with Crippen molar-refractivity contribution in [1.82, 2.24) is 8.54 Å². The Morgan fingerprint density at radius 2 is 1.75 bits per heavy atom. The van der Waals surface area contributed by atoms with E-state index in [1.807, 2.05) is 6.92 Å². The second kappa shape index (κ2) is 7.73. The highest BCUT2D eigenvalue weighted by molar-refractivity contribution is 7.90. The zero-order valence-electron chi connectivity index (χ0n) is 15.3. The van der Waals surface area contributed by atoms with Gasteiger partial charge in [-0.25, -0.2) is 13.2 Å². The molecule has 0 unspecified atom stereocenters. The Kier molecular flexibility index (Phi) is 5.36. The number of aromatic nitrogens is 2. The van der Waals surface area contributed by atoms with Crippen LogP contribution in [0, 0.1) is 6.92 Å². The first-order chi connectivity index (χ1) is 13.3. The predicted octanol–water partition coefficient (Wildman–Crippen LogP) is 1.84. The van der Waals surface area contributed by atoms with Crippen molar-refractivity contribution in [3.63, 3.8) is 0 Å². The normalized spacial score (nSPS) is 11.2. The lowest BCUT2D eigenvalue weighted by Crippen LogP contribution is -2.32. The van der Waals surface area contributed by atoms with Gasteiger partial charge in [0.25, 0.3) is 10.0 Å². The summed E-state index contributed by atoms with van der Waals surface area (Å²) in [5.41, 5.74) is 0.530. The third-order valence-electron chi connectivity index (χ3n) is 4.09. The molecule has 0 saturated heterocycles. The number of anilines is 1. The molecule has 28 heavy (non-hydrogen) atoms. The Morgan fingerprint density at radius 3 is 2.43 bits per heavy atom. The minimum atomic E-state index is -4.04. The van der Waals surface area contributed by atoms with Crippen LogP contribution in [0.1, 0.15) is 5.56 Å². The van der Waals surface area contributed by atoms with Gasteiger partial charge < -0.3 is 10.1 Å². The molecule has 9 heteroatoms. The van der Waals surface area contributed by atoms with Gasteiger partial charge in [0.05, 0.1) is 17.7 Å². The van der Waals surface area contributed by atoms with E-state index in [1.165, 1.54) is 25.4 Å². The molecule has 0 atom stereocenters. The number of methoxy groups -OCH3 is 1. The minimum absolute atomic E-state index is 0.00331. The van der Waals surface area contributed by atoms with Gasteiger partial charge in [0.1, 0.15) is 12.3 Å². The molecule has 0 saturated carbocycles. The minimum Gasteiger partial charge on any atom is -0.495 e. The first kappa shape index (κ1) is 19.4. The van der Waals surface area contributed by atoms with Gasteiger partial charge in [-0.05, 0) is 31.2 Å². The Bertz CT molecular complexity index is 1160. The fourth-order valence-electron chi connectivity index (χ4n) is 2.61. The smallest absolute Gasteiger partial charge is 0.342 e. The third-order valence-corrected chi connectivity index (χ3v) is 5.75. The number of carbonyl (C=O) groups excluding carboxylic acids is 1. The monoisotopic (exact) mass is 401 g/mol. The van der Waals surface area contributed by atoms with Gasteiger partial charge in [0, 0.05) is 12.4 Å². The third kappa shape index (κ3) is 3.84. The molecular formula is C19H19N3O5S. The molecule has 146 valence electrons. The zero-order chi connectivity index (χ0) is 20.3. The molecule has 0 spiro atoms. The maximum atomic E-state index is 12.7. The molecule has 0 aliphatic heterocycles. The fourth-order valence-corrected chi connectivity index (χ4v) is 3.85. The predicted molar refractivity (Wildman–Crippen MR) is 104 cm³/mol. The summed E-state index contributed by atoms with van der Waals surface area (Å²) in [5.74, 6) is -0.0141. The summed E-state index contributed by atoms with van der Waals surface area (Å²) in [5, 5.41) is 2.64. The Labute approximate surface area is 162 Å². The average molecular weight is 401 g/mol. The number of nitrogens with one attached hydrogen (secondary N) is 1. The highest BCUT2D eigenvalue weighted by atomic mass is 32.2. The van der Waals surface area contributed by atoms with Crippen molar-refractivity contribution in [2.24, 2.45) is 0 Å². The van der Waals surface area contributed by atoms with Crippen LogP contribution >= 0.6 is 0 Å². The average Bonchev–Trinajstić information content (AvgIpc) is 3.03. The van der Waals surface area contributed by atoms with Crippen LogP contribution in [0.25, 0.3) is 0 Å². The number of para-hydroxylation sites is 2. The molecular weight excluding hydrogens is 382 g/mol. The number of hydrogen-bond donors (Lipinski definition) is 1. The molecule has 1 amide bonds. The second-order valence-corrected chi connectivity index (χ2v) is 7.89. The van der Waals surface area contributed by atoms with Gasteiger partial charge in [-0.3, -0.25) is 9.36 Å². The van der Waals surface area contributed by atoms with Crippen LogP contribution in [0.4, 0.5) is 5.69 Å². The van der Waals surface area contributed by atoms with Crippen molar-refractivity contribution in [2.45, 2.75) is 18.4 Å². The summed E-state index contributed by atoms with van der Waals surface area (Å²) >= 11 is 0. The first-order valence-electron chi connectivity index (χ1n) is 8.36.